The molecule has 1 N–H and O–H groups in total. The van der Waals surface area contributed by atoms with Crippen molar-refractivity contribution < 1.29 is 9.18 Å². The first-order valence-corrected chi connectivity index (χ1v) is 5.70. The molecule has 0 saturated heterocycles. The lowest BCUT2D eigenvalue weighted by molar-refractivity contribution is 0.210. The molecule has 0 bridgehead atoms. The van der Waals surface area contributed by atoms with Crippen LogP contribution in [0.1, 0.15) is 23.6 Å². The van der Waals surface area contributed by atoms with Gasteiger partial charge in [-0.2, -0.15) is 0 Å². The van der Waals surface area contributed by atoms with E-state index in [1.54, 1.807) is 37.9 Å². The molecule has 0 unspecified atom stereocenters. The van der Waals surface area contributed by atoms with Gasteiger partial charge in [-0.3, -0.25) is 0 Å². The number of halogens is 1. The lowest BCUT2D eigenvalue weighted by atomic mass is 10.1. The maximum Gasteiger partial charge on any atom is 0.317 e. The van der Waals surface area contributed by atoms with Gasteiger partial charge >= 0.3 is 6.03 Å². The fourth-order valence-corrected chi connectivity index (χ4v) is 1.59. The number of hydrogen-bond donors (Lipinski definition) is 1. The van der Waals surface area contributed by atoms with Crippen LogP contribution in [0, 0.1) is 19.7 Å². The Balaban J connectivity index is 2.67. The molecule has 2 amide bonds. The first kappa shape index (κ1) is 13.5. The van der Waals surface area contributed by atoms with Crippen LogP contribution in [0.5, 0.6) is 0 Å². The molecule has 0 aliphatic heterocycles. The zero-order chi connectivity index (χ0) is 13.0. The topological polar surface area (TPSA) is 32.3 Å². The van der Waals surface area contributed by atoms with E-state index in [1.165, 1.54) is 0 Å². The molecule has 0 radical (unpaired) electrons. The molecule has 0 atom stereocenters. The van der Waals surface area contributed by atoms with Gasteiger partial charge in [-0.05, 0) is 37.5 Å². The summed E-state index contributed by atoms with van der Waals surface area (Å²) in [6, 6.07) is 3.40. The van der Waals surface area contributed by atoms with Crippen LogP contribution in [0.2, 0.25) is 0 Å². The Morgan fingerprint density at radius 3 is 2.35 bits per heavy atom. The first-order valence-electron chi connectivity index (χ1n) is 5.70. The molecule has 3 nitrogen and oxygen atoms in total. The fourth-order valence-electron chi connectivity index (χ4n) is 1.59. The van der Waals surface area contributed by atoms with Gasteiger partial charge in [-0.25, -0.2) is 9.18 Å². The van der Waals surface area contributed by atoms with Crippen molar-refractivity contribution in [1.29, 1.82) is 0 Å². The van der Waals surface area contributed by atoms with Crippen LogP contribution in [0.4, 0.5) is 9.18 Å². The third kappa shape index (κ3) is 3.44. The zero-order valence-electron chi connectivity index (χ0n) is 10.8. The molecule has 1 aromatic rings. The van der Waals surface area contributed by atoms with E-state index in [0.717, 1.165) is 5.56 Å². The molecule has 94 valence electrons. The van der Waals surface area contributed by atoms with Crippen molar-refractivity contribution in [2.75, 3.05) is 13.6 Å². The summed E-state index contributed by atoms with van der Waals surface area (Å²) in [4.78, 5) is 13.1. The summed E-state index contributed by atoms with van der Waals surface area (Å²) in [5, 5.41) is 2.79. The summed E-state index contributed by atoms with van der Waals surface area (Å²) in [6.07, 6.45) is 0. The minimum atomic E-state index is -0.175. The predicted molar refractivity (Wildman–Crippen MR) is 66.4 cm³/mol. The lowest BCUT2D eigenvalue weighted by Gasteiger charge is -2.16. The predicted octanol–water partition coefficient (Wildman–Crippen LogP) is 2.60. The van der Waals surface area contributed by atoms with Crippen molar-refractivity contribution in [3.63, 3.8) is 0 Å². The Kier molecular flexibility index (Phi) is 4.49. The maximum absolute atomic E-state index is 13.4. The summed E-state index contributed by atoms with van der Waals surface area (Å²) in [6.45, 7) is 6.45. The van der Waals surface area contributed by atoms with Gasteiger partial charge in [0.2, 0.25) is 0 Å². The largest absolute Gasteiger partial charge is 0.334 e. The summed E-state index contributed by atoms with van der Waals surface area (Å²) in [7, 11) is 1.73. The van der Waals surface area contributed by atoms with Crippen molar-refractivity contribution in [2.24, 2.45) is 0 Å². The van der Waals surface area contributed by atoms with E-state index >= 15 is 0 Å². The van der Waals surface area contributed by atoms with E-state index in [2.05, 4.69) is 5.32 Å². The number of urea groups is 1. The molecule has 0 heterocycles. The second-order valence-electron chi connectivity index (χ2n) is 4.22. The zero-order valence-corrected chi connectivity index (χ0v) is 10.8. The number of rotatable bonds is 3. The molecule has 1 rings (SSSR count). The highest BCUT2D eigenvalue weighted by molar-refractivity contribution is 5.73. The number of nitrogens with one attached hydrogen (secondary N) is 1. The van der Waals surface area contributed by atoms with E-state index in [0.29, 0.717) is 24.2 Å². The molecule has 0 spiro atoms. The SMILES string of the molecule is CCN(C)C(=O)NCc1cc(C)c(F)c(C)c1. The lowest BCUT2D eigenvalue weighted by Crippen LogP contribution is -2.36. The smallest absolute Gasteiger partial charge is 0.317 e. The van der Waals surface area contributed by atoms with Gasteiger partial charge in [-0.1, -0.05) is 12.1 Å². The molecular formula is C13H19FN2O. The molecular weight excluding hydrogens is 219 g/mol. The van der Waals surface area contributed by atoms with Crippen LogP contribution < -0.4 is 5.32 Å². The summed E-state index contributed by atoms with van der Waals surface area (Å²) >= 11 is 0. The standard InChI is InChI=1S/C13H19FN2O/c1-5-16(4)13(17)15-8-11-6-9(2)12(14)10(3)7-11/h6-7H,5,8H2,1-4H3,(H,15,17). The number of hydrogen-bond acceptors (Lipinski definition) is 1. The van der Waals surface area contributed by atoms with Gasteiger partial charge in [0.15, 0.2) is 0 Å². The van der Waals surface area contributed by atoms with Gasteiger partial charge < -0.3 is 10.2 Å². The molecule has 0 aliphatic rings. The Morgan fingerprint density at radius 1 is 1.35 bits per heavy atom. The van der Waals surface area contributed by atoms with Crippen molar-refractivity contribution >= 4 is 6.03 Å². The summed E-state index contributed by atoms with van der Waals surface area (Å²) in [5.41, 5.74) is 2.13. The number of nitrogens with zero attached hydrogens (tertiary/aromatic N) is 1. The number of amides is 2. The average molecular weight is 238 g/mol. The Hall–Kier alpha value is -1.58. The highest BCUT2D eigenvalue weighted by Crippen LogP contribution is 2.14. The highest BCUT2D eigenvalue weighted by atomic mass is 19.1. The second-order valence-corrected chi connectivity index (χ2v) is 4.22. The monoisotopic (exact) mass is 238 g/mol. The first-order chi connectivity index (χ1) is 7.95. The van der Waals surface area contributed by atoms with Crippen molar-refractivity contribution in [3.8, 4) is 0 Å². The number of carbonyl (C=O) groups excluding carboxylic acids is 1. The van der Waals surface area contributed by atoms with Crippen molar-refractivity contribution in [2.45, 2.75) is 27.3 Å². The summed E-state index contributed by atoms with van der Waals surface area (Å²) in [5.74, 6) is -0.175. The van der Waals surface area contributed by atoms with Crippen molar-refractivity contribution in [3.05, 3.63) is 34.6 Å². The van der Waals surface area contributed by atoms with Gasteiger partial charge in [0.25, 0.3) is 0 Å². The number of aryl methyl sites for hydroxylation is 2. The maximum atomic E-state index is 13.4. The molecule has 1 aromatic carbocycles. The number of benzene rings is 1. The molecule has 0 saturated carbocycles. The van der Waals surface area contributed by atoms with E-state index in [-0.39, 0.29) is 11.8 Å². The minimum absolute atomic E-state index is 0.118. The van der Waals surface area contributed by atoms with Crippen LogP contribution in [0.15, 0.2) is 12.1 Å². The Bertz CT molecular complexity index is 395. The van der Waals surface area contributed by atoms with Gasteiger partial charge in [-0.15, -0.1) is 0 Å². The third-order valence-electron chi connectivity index (χ3n) is 2.76. The van der Waals surface area contributed by atoms with Crippen LogP contribution >= 0.6 is 0 Å². The van der Waals surface area contributed by atoms with Crippen molar-refractivity contribution in [1.82, 2.24) is 10.2 Å². The van der Waals surface area contributed by atoms with E-state index in [1.807, 2.05) is 6.92 Å². The highest BCUT2D eigenvalue weighted by Gasteiger charge is 2.07. The second kappa shape index (κ2) is 5.66. The summed E-state index contributed by atoms with van der Waals surface area (Å²) < 4.78 is 13.4. The van der Waals surface area contributed by atoms with E-state index in [4.69, 9.17) is 0 Å². The van der Waals surface area contributed by atoms with Gasteiger partial charge in [0.05, 0.1) is 0 Å². The normalized spacial score (nSPS) is 10.2. The van der Waals surface area contributed by atoms with Crippen LogP contribution in [0.25, 0.3) is 0 Å². The van der Waals surface area contributed by atoms with Crippen LogP contribution in [-0.4, -0.2) is 24.5 Å². The Morgan fingerprint density at radius 2 is 1.88 bits per heavy atom. The molecule has 0 fully saturated rings. The molecule has 0 aromatic heterocycles. The molecule has 4 heteroatoms. The number of carbonyl (C=O) groups is 1. The fraction of sp³-hybridized carbons (Fsp3) is 0.462. The molecule has 17 heavy (non-hydrogen) atoms. The van der Waals surface area contributed by atoms with Crippen LogP contribution in [-0.2, 0) is 6.54 Å². The quantitative estimate of drug-likeness (QED) is 0.862. The third-order valence-corrected chi connectivity index (χ3v) is 2.76. The minimum Gasteiger partial charge on any atom is -0.334 e. The van der Waals surface area contributed by atoms with E-state index in [9.17, 15) is 9.18 Å². The Labute approximate surface area is 102 Å². The van der Waals surface area contributed by atoms with Crippen LogP contribution in [0.3, 0.4) is 0 Å². The van der Waals surface area contributed by atoms with Gasteiger partial charge in [0, 0.05) is 20.1 Å². The van der Waals surface area contributed by atoms with Gasteiger partial charge in [0.1, 0.15) is 5.82 Å². The molecule has 0 aliphatic carbocycles. The average Bonchev–Trinajstić information content (AvgIpc) is 2.31. The van der Waals surface area contributed by atoms with E-state index < -0.39 is 0 Å².